The standard InChI is InChI=1S/C10H13ClFN3OS/c1-5(4-16)13-10-14-8-2-6(11)7(12)3-9(8)17-15-10/h2-3,5,10,13-16H,4H2,1H3. The molecule has 17 heavy (non-hydrogen) atoms. The molecule has 0 fully saturated rings. The number of halogens is 2. The Morgan fingerprint density at radius 3 is 3.12 bits per heavy atom. The smallest absolute Gasteiger partial charge is 0.143 e. The van der Waals surface area contributed by atoms with Crippen LogP contribution >= 0.6 is 23.5 Å². The van der Waals surface area contributed by atoms with Gasteiger partial charge in [0.05, 0.1) is 17.3 Å². The van der Waals surface area contributed by atoms with Gasteiger partial charge >= 0.3 is 0 Å². The van der Waals surface area contributed by atoms with Gasteiger partial charge in [0.2, 0.25) is 0 Å². The molecule has 1 aromatic carbocycles. The van der Waals surface area contributed by atoms with Crippen LogP contribution in [0, 0.1) is 5.82 Å². The van der Waals surface area contributed by atoms with E-state index in [1.165, 1.54) is 18.0 Å². The van der Waals surface area contributed by atoms with Gasteiger partial charge in [0.1, 0.15) is 12.1 Å². The maximum absolute atomic E-state index is 13.2. The third kappa shape index (κ3) is 3.02. The molecule has 1 aliphatic heterocycles. The molecule has 1 aliphatic rings. The predicted molar refractivity (Wildman–Crippen MR) is 67.5 cm³/mol. The van der Waals surface area contributed by atoms with Crippen LogP contribution in [0.3, 0.4) is 0 Å². The van der Waals surface area contributed by atoms with Crippen molar-refractivity contribution < 1.29 is 9.50 Å². The fourth-order valence-corrected chi connectivity index (χ4v) is 2.37. The Morgan fingerprint density at radius 2 is 2.41 bits per heavy atom. The lowest BCUT2D eigenvalue weighted by atomic mass is 10.3. The molecule has 0 bridgehead atoms. The highest BCUT2D eigenvalue weighted by Gasteiger charge is 2.20. The molecule has 94 valence electrons. The minimum atomic E-state index is -0.434. The van der Waals surface area contributed by atoms with Gasteiger partial charge in [0.25, 0.3) is 0 Å². The summed E-state index contributed by atoms with van der Waals surface area (Å²) in [4.78, 5) is 0.751. The fourth-order valence-electron chi connectivity index (χ4n) is 1.45. The number of anilines is 1. The summed E-state index contributed by atoms with van der Waals surface area (Å²) in [5.41, 5.74) is 0.766. The van der Waals surface area contributed by atoms with Gasteiger partial charge in [-0.05, 0) is 31.0 Å². The third-order valence-electron chi connectivity index (χ3n) is 2.33. The highest BCUT2D eigenvalue weighted by atomic mass is 35.5. The van der Waals surface area contributed by atoms with Crippen LogP contribution in [0.15, 0.2) is 17.0 Å². The number of aliphatic hydroxyl groups is 1. The first-order chi connectivity index (χ1) is 8.10. The van der Waals surface area contributed by atoms with Gasteiger partial charge in [-0.15, -0.1) is 0 Å². The van der Waals surface area contributed by atoms with Crippen molar-refractivity contribution in [1.29, 1.82) is 0 Å². The molecule has 1 aromatic rings. The topological polar surface area (TPSA) is 56.3 Å². The average molecular weight is 278 g/mol. The summed E-state index contributed by atoms with van der Waals surface area (Å²) in [6.45, 7) is 1.91. The van der Waals surface area contributed by atoms with E-state index in [2.05, 4.69) is 15.4 Å². The molecular formula is C10H13ClFN3OS. The molecule has 0 amide bonds. The van der Waals surface area contributed by atoms with Crippen LogP contribution in [0.4, 0.5) is 10.1 Å². The van der Waals surface area contributed by atoms with Crippen LogP contribution in [-0.4, -0.2) is 24.0 Å². The van der Waals surface area contributed by atoms with E-state index in [9.17, 15) is 4.39 Å². The lowest BCUT2D eigenvalue weighted by Gasteiger charge is -2.30. The van der Waals surface area contributed by atoms with Crippen LogP contribution < -0.4 is 15.4 Å². The fraction of sp³-hybridized carbons (Fsp3) is 0.400. The van der Waals surface area contributed by atoms with E-state index in [1.807, 2.05) is 6.92 Å². The quantitative estimate of drug-likeness (QED) is 0.635. The van der Waals surface area contributed by atoms with Gasteiger partial charge in [-0.2, -0.15) is 0 Å². The first-order valence-electron chi connectivity index (χ1n) is 5.15. The molecule has 1 heterocycles. The molecule has 0 radical (unpaired) electrons. The first-order valence-corrected chi connectivity index (χ1v) is 6.34. The van der Waals surface area contributed by atoms with Gasteiger partial charge in [-0.3, -0.25) is 5.32 Å². The number of nitrogens with one attached hydrogen (secondary N) is 3. The van der Waals surface area contributed by atoms with Crippen LogP contribution in [0.1, 0.15) is 6.92 Å². The summed E-state index contributed by atoms with van der Waals surface area (Å²) in [6.07, 6.45) is -0.198. The Kier molecular flexibility index (Phi) is 4.11. The second-order valence-electron chi connectivity index (χ2n) is 3.81. The molecule has 2 unspecified atom stereocenters. The molecule has 0 spiro atoms. The molecule has 0 aliphatic carbocycles. The zero-order valence-corrected chi connectivity index (χ0v) is 10.7. The molecular weight excluding hydrogens is 265 g/mol. The number of benzene rings is 1. The maximum atomic E-state index is 13.2. The molecule has 0 aromatic heterocycles. The van der Waals surface area contributed by atoms with Crippen molar-refractivity contribution in [3.63, 3.8) is 0 Å². The summed E-state index contributed by atoms with van der Waals surface area (Å²) in [7, 11) is 0. The van der Waals surface area contributed by atoms with E-state index < -0.39 is 5.82 Å². The minimum Gasteiger partial charge on any atom is -0.395 e. The number of aliphatic hydroxyl groups excluding tert-OH is 1. The Balaban J connectivity index is 2.10. The number of hydrogen-bond acceptors (Lipinski definition) is 5. The van der Waals surface area contributed by atoms with Gasteiger partial charge in [-0.25, -0.2) is 9.11 Å². The van der Waals surface area contributed by atoms with Crippen LogP contribution in [0.25, 0.3) is 0 Å². The highest BCUT2D eigenvalue weighted by molar-refractivity contribution is 7.97. The first kappa shape index (κ1) is 12.9. The summed E-state index contributed by atoms with van der Waals surface area (Å²) >= 11 is 7.04. The van der Waals surface area contributed by atoms with Gasteiger partial charge in [0.15, 0.2) is 0 Å². The molecule has 7 heteroatoms. The molecule has 4 N–H and O–H groups in total. The Labute approximate surface area is 108 Å². The average Bonchev–Trinajstić information content (AvgIpc) is 2.31. The van der Waals surface area contributed by atoms with E-state index in [0.717, 1.165) is 10.6 Å². The SMILES string of the molecule is CC(CO)NC1NSc2cc(F)c(Cl)cc2N1. The summed E-state index contributed by atoms with van der Waals surface area (Å²) in [6, 6.07) is 2.89. The third-order valence-corrected chi connectivity index (χ3v) is 3.53. The second-order valence-corrected chi connectivity index (χ2v) is 5.10. The summed E-state index contributed by atoms with van der Waals surface area (Å²) in [5, 5.41) is 15.3. The van der Waals surface area contributed by atoms with Crippen molar-refractivity contribution in [1.82, 2.24) is 10.0 Å². The largest absolute Gasteiger partial charge is 0.395 e. The molecule has 4 nitrogen and oxygen atoms in total. The van der Waals surface area contributed by atoms with E-state index in [4.69, 9.17) is 16.7 Å². The molecule has 2 atom stereocenters. The molecule has 2 rings (SSSR count). The number of hydrogen-bond donors (Lipinski definition) is 4. The second kappa shape index (κ2) is 5.41. The normalized spacial score (nSPS) is 20.6. The zero-order valence-electron chi connectivity index (χ0n) is 9.13. The van der Waals surface area contributed by atoms with E-state index in [1.54, 1.807) is 6.07 Å². The van der Waals surface area contributed by atoms with Crippen molar-refractivity contribution in [3.05, 3.63) is 23.0 Å². The summed E-state index contributed by atoms with van der Waals surface area (Å²) < 4.78 is 16.3. The van der Waals surface area contributed by atoms with E-state index in [0.29, 0.717) is 0 Å². The molecule has 0 saturated carbocycles. The number of fused-ring (bicyclic) bond motifs is 1. The van der Waals surface area contributed by atoms with Crippen LogP contribution in [-0.2, 0) is 0 Å². The minimum absolute atomic E-state index is 0.0432. The maximum Gasteiger partial charge on any atom is 0.143 e. The Bertz CT molecular complexity index is 421. The molecule has 0 saturated heterocycles. The van der Waals surface area contributed by atoms with Gasteiger partial charge in [-0.1, -0.05) is 11.6 Å². The van der Waals surface area contributed by atoms with E-state index in [-0.39, 0.29) is 24.0 Å². The van der Waals surface area contributed by atoms with Crippen LogP contribution in [0.5, 0.6) is 0 Å². The van der Waals surface area contributed by atoms with E-state index >= 15 is 0 Å². The Hall–Kier alpha value is -0.530. The van der Waals surface area contributed by atoms with Crippen LogP contribution in [0.2, 0.25) is 5.02 Å². The van der Waals surface area contributed by atoms with Crippen molar-refractivity contribution >= 4 is 29.2 Å². The van der Waals surface area contributed by atoms with Gasteiger partial charge < -0.3 is 10.4 Å². The number of rotatable bonds is 3. The highest BCUT2D eigenvalue weighted by Crippen LogP contribution is 2.33. The van der Waals surface area contributed by atoms with Crippen molar-refractivity contribution in [2.24, 2.45) is 0 Å². The lowest BCUT2D eigenvalue weighted by molar-refractivity contribution is 0.242. The van der Waals surface area contributed by atoms with Crippen molar-refractivity contribution in [2.75, 3.05) is 11.9 Å². The summed E-state index contributed by atoms with van der Waals surface area (Å²) in [5.74, 6) is -0.434. The zero-order chi connectivity index (χ0) is 12.4. The Morgan fingerprint density at radius 1 is 1.65 bits per heavy atom. The van der Waals surface area contributed by atoms with Crippen molar-refractivity contribution in [2.45, 2.75) is 24.2 Å². The lowest BCUT2D eigenvalue weighted by Crippen LogP contribution is -2.51. The van der Waals surface area contributed by atoms with Gasteiger partial charge in [0, 0.05) is 10.9 Å². The predicted octanol–water partition coefficient (Wildman–Crippen LogP) is 1.76. The van der Waals surface area contributed by atoms with Crippen molar-refractivity contribution in [3.8, 4) is 0 Å². The monoisotopic (exact) mass is 277 g/mol.